The number of aryl methyl sites for hydroxylation is 1. The summed E-state index contributed by atoms with van der Waals surface area (Å²) in [5, 5.41) is 8.70. The number of rotatable bonds is 7. The van der Waals surface area contributed by atoms with Gasteiger partial charge < -0.3 is 16.0 Å². The predicted octanol–water partition coefficient (Wildman–Crippen LogP) is 1.49. The van der Waals surface area contributed by atoms with Crippen LogP contribution < -0.4 is 11.1 Å². The number of nitrogens with zero attached hydrogens (tertiary/aromatic N) is 5. The molecule has 1 aliphatic heterocycles. The molecule has 1 fully saturated rings. The van der Waals surface area contributed by atoms with Gasteiger partial charge in [0.2, 0.25) is 5.91 Å². The number of nitrogens with one attached hydrogen (secondary N) is 1. The van der Waals surface area contributed by atoms with Crippen LogP contribution in [0.3, 0.4) is 0 Å². The van der Waals surface area contributed by atoms with Crippen LogP contribution in [0.1, 0.15) is 44.9 Å². The topological polar surface area (TPSA) is 102 Å². The Balaban J connectivity index is 1.59. The lowest BCUT2D eigenvalue weighted by atomic mass is 9.97. The van der Waals surface area contributed by atoms with Crippen molar-refractivity contribution in [3.05, 3.63) is 12.0 Å². The van der Waals surface area contributed by atoms with E-state index in [1.165, 1.54) is 0 Å². The molecule has 0 aromatic carbocycles. The molecule has 0 radical (unpaired) electrons. The number of fused-ring (bicyclic) bond motifs is 1. The molecular formula is C18H29N7O. The number of amides is 1. The maximum absolute atomic E-state index is 11.4. The van der Waals surface area contributed by atoms with Crippen LogP contribution in [-0.2, 0) is 11.8 Å². The molecule has 3 rings (SSSR count). The van der Waals surface area contributed by atoms with Gasteiger partial charge in [-0.25, -0.2) is 9.97 Å². The Labute approximate surface area is 154 Å². The Bertz CT molecular complexity index is 770. The molecule has 1 aliphatic rings. The van der Waals surface area contributed by atoms with Crippen LogP contribution in [-0.4, -0.2) is 56.7 Å². The largest absolute Gasteiger partial charge is 0.369 e. The van der Waals surface area contributed by atoms with Crippen molar-refractivity contribution in [1.29, 1.82) is 0 Å². The van der Waals surface area contributed by atoms with Crippen LogP contribution in [0.2, 0.25) is 0 Å². The first-order chi connectivity index (χ1) is 12.5. The fourth-order valence-corrected chi connectivity index (χ4v) is 3.43. The van der Waals surface area contributed by atoms with Crippen molar-refractivity contribution in [3.63, 3.8) is 0 Å². The van der Waals surface area contributed by atoms with Crippen LogP contribution in [0.5, 0.6) is 0 Å². The summed E-state index contributed by atoms with van der Waals surface area (Å²) < 4.78 is 1.78. The highest BCUT2D eigenvalue weighted by molar-refractivity contribution is 5.86. The van der Waals surface area contributed by atoms with Crippen molar-refractivity contribution in [2.45, 2.75) is 39.0 Å². The quantitative estimate of drug-likeness (QED) is 0.726. The van der Waals surface area contributed by atoms with Crippen LogP contribution in [0.4, 0.5) is 5.82 Å². The van der Waals surface area contributed by atoms with Gasteiger partial charge >= 0.3 is 0 Å². The first kappa shape index (κ1) is 18.6. The molecule has 1 amide bonds. The number of likely N-dealkylation sites (tertiary alicyclic amines) is 1. The molecule has 0 bridgehead atoms. The average Bonchev–Trinajstić information content (AvgIpc) is 3.00. The molecule has 8 nitrogen and oxygen atoms in total. The number of anilines is 1. The molecule has 8 heteroatoms. The minimum absolute atomic E-state index is 0.00203. The number of nitrogens with two attached hydrogens (primary N) is 1. The van der Waals surface area contributed by atoms with E-state index in [2.05, 4.69) is 39.1 Å². The van der Waals surface area contributed by atoms with Gasteiger partial charge in [0.25, 0.3) is 0 Å². The smallest absolute Gasteiger partial charge is 0.221 e. The van der Waals surface area contributed by atoms with E-state index in [0.717, 1.165) is 68.1 Å². The lowest BCUT2D eigenvalue weighted by Gasteiger charge is -2.31. The summed E-state index contributed by atoms with van der Waals surface area (Å²) in [7, 11) is 1.90. The van der Waals surface area contributed by atoms with E-state index in [-0.39, 0.29) is 17.7 Å². The number of primary amides is 1. The van der Waals surface area contributed by atoms with E-state index in [4.69, 9.17) is 5.73 Å². The molecule has 26 heavy (non-hydrogen) atoms. The summed E-state index contributed by atoms with van der Waals surface area (Å²) in [6.07, 6.45) is 4.75. The molecule has 0 unspecified atom stereocenters. The minimum Gasteiger partial charge on any atom is -0.369 e. The maximum atomic E-state index is 11.4. The third kappa shape index (κ3) is 4.12. The van der Waals surface area contributed by atoms with Crippen molar-refractivity contribution in [2.24, 2.45) is 18.7 Å². The third-order valence-corrected chi connectivity index (χ3v) is 4.98. The second-order valence-electron chi connectivity index (χ2n) is 7.41. The van der Waals surface area contributed by atoms with Crippen molar-refractivity contribution >= 4 is 22.8 Å². The number of aromatic nitrogens is 4. The molecule has 2 aromatic rings. The summed E-state index contributed by atoms with van der Waals surface area (Å²) in [6, 6.07) is 0. The van der Waals surface area contributed by atoms with Gasteiger partial charge in [0.05, 0.1) is 17.5 Å². The van der Waals surface area contributed by atoms with Crippen LogP contribution in [0.15, 0.2) is 6.20 Å². The molecule has 0 spiro atoms. The lowest BCUT2D eigenvalue weighted by Crippen LogP contribution is -2.41. The fraction of sp³-hybridized carbons (Fsp3) is 0.667. The van der Waals surface area contributed by atoms with Crippen LogP contribution in [0, 0.1) is 5.92 Å². The number of carbonyl (C=O) groups is 1. The summed E-state index contributed by atoms with van der Waals surface area (Å²) in [5.41, 5.74) is 6.31. The maximum Gasteiger partial charge on any atom is 0.221 e. The summed E-state index contributed by atoms with van der Waals surface area (Å²) in [5.74, 6) is 1.76. The van der Waals surface area contributed by atoms with E-state index in [1.807, 2.05) is 13.2 Å². The molecule has 1 atom stereocenters. The Morgan fingerprint density at radius 1 is 1.42 bits per heavy atom. The highest BCUT2D eigenvalue weighted by atomic mass is 16.1. The molecular weight excluding hydrogens is 330 g/mol. The van der Waals surface area contributed by atoms with E-state index in [0.29, 0.717) is 0 Å². The van der Waals surface area contributed by atoms with E-state index in [9.17, 15) is 4.79 Å². The Hall–Kier alpha value is -2.22. The minimum atomic E-state index is -0.172. The van der Waals surface area contributed by atoms with Gasteiger partial charge in [-0.1, -0.05) is 13.8 Å². The Morgan fingerprint density at radius 2 is 2.23 bits per heavy atom. The zero-order valence-electron chi connectivity index (χ0n) is 15.9. The number of piperidine rings is 1. The van der Waals surface area contributed by atoms with Crippen LogP contribution in [0.25, 0.3) is 11.0 Å². The van der Waals surface area contributed by atoms with Gasteiger partial charge in [-0.05, 0) is 32.4 Å². The molecule has 2 aromatic heterocycles. The lowest BCUT2D eigenvalue weighted by molar-refractivity contribution is -0.123. The monoisotopic (exact) mass is 359 g/mol. The second-order valence-corrected chi connectivity index (χ2v) is 7.41. The summed E-state index contributed by atoms with van der Waals surface area (Å²) >= 11 is 0. The van der Waals surface area contributed by atoms with E-state index < -0.39 is 0 Å². The molecule has 1 saturated heterocycles. The van der Waals surface area contributed by atoms with Gasteiger partial charge in [-0.15, -0.1) is 0 Å². The average molecular weight is 359 g/mol. The highest BCUT2D eigenvalue weighted by Crippen LogP contribution is 2.22. The standard InChI is InChI=1S/C18H29N7O/c1-12(2)16-22-17(14-10-21-24(3)18(14)23-16)20-7-5-9-25-8-4-6-13(11-25)15(19)26/h10,12-13H,4-9,11H2,1-3H3,(H2,19,26)(H,20,22,23)/t13-/m0/s1. The van der Waals surface area contributed by atoms with Crippen molar-refractivity contribution < 1.29 is 4.79 Å². The normalized spacial score (nSPS) is 18.5. The van der Waals surface area contributed by atoms with Gasteiger partial charge in [0.15, 0.2) is 5.65 Å². The Kier molecular flexibility index (Phi) is 5.70. The number of carbonyl (C=O) groups excluding carboxylic acids is 1. The molecule has 0 aliphatic carbocycles. The first-order valence-electron chi connectivity index (χ1n) is 9.41. The number of hydrogen-bond donors (Lipinski definition) is 2. The fourth-order valence-electron chi connectivity index (χ4n) is 3.43. The highest BCUT2D eigenvalue weighted by Gasteiger charge is 2.23. The first-order valence-corrected chi connectivity index (χ1v) is 9.41. The third-order valence-electron chi connectivity index (χ3n) is 4.98. The van der Waals surface area contributed by atoms with Crippen molar-refractivity contribution in [2.75, 3.05) is 31.5 Å². The molecule has 3 N–H and O–H groups in total. The summed E-state index contributed by atoms with van der Waals surface area (Å²) in [4.78, 5) is 23.0. The second kappa shape index (κ2) is 7.99. The van der Waals surface area contributed by atoms with E-state index in [1.54, 1.807) is 4.68 Å². The molecule has 142 valence electrons. The van der Waals surface area contributed by atoms with E-state index >= 15 is 0 Å². The van der Waals surface area contributed by atoms with Crippen molar-refractivity contribution in [1.82, 2.24) is 24.6 Å². The van der Waals surface area contributed by atoms with Crippen molar-refractivity contribution in [3.8, 4) is 0 Å². The van der Waals surface area contributed by atoms with Gasteiger partial charge in [-0.2, -0.15) is 5.10 Å². The zero-order valence-corrected chi connectivity index (χ0v) is 15.9. The predicted molar refractivity (Wildman–Crippen MR) is 102 cm³/mol. The Morgan fingerprint density at radius 3 is 2.96 bits per heavy atom. The van der Waals surface area contributed by atoms with Gasteiger partial charge in [-0.3, -0.25) is 9.48 Å². The zero-order chi connectivity index (χ0) is 18.7. The van der Waals surface area contributed by atoms with Crippen LogP contribution >= 0.6 is 0 Å². The number of hydrogen-bond acceptors (Lipinski definition) is 6. The van der Waals surface area contributed by atoms with Gasteiger partial charge in [0, 0.05) is 26.1 Å². The summed E-state index contributed by atoms with van der Waals surface area (Å²) in [6.45, 7) is 7.78. The SMILES string of the molecule is CC(C)c1nc(NCCCN2CCC[C@H](C(N)=O)C2)c2cnn(C)c2n1. The molecule has 3 heterocycles. The molecule has 0 saturated carbocycles. The van der Waals surface area contributed by atoms with Gasteiger partial charge in [0.1, 0.15) is 11.6 Å².